The van der Waals surface area contributed by atoms with Gasteiger partial charge >= 0.3 is 0 Å². The van der Waals surface area contributed by atoms with Crippen molar-refractivity contribution in [1.29, 1.82) is 0 Å². The normalized spacial score (nSPS) is 18.4. The van der Waals surface area contributed by atoms with Gasteiger partial charge in [-0.25, -0.2) is 0 Å². The largest absolute Gasteiger partial charge is 0.394 e. The molecule has 0 aromatic heterocycles. The Labute approximate surface area is 560 Å². The van der Waals surface area contributed by atoms with Gasteiger partial charge in [0.05, 0.1) is 25.4 Å². The van der Waals surface area contributed by atoms with Crippen molar-refractivity contribution < 1.29 is 39.8 Å². The number of hydrogen-bond acceptors (Lipinski definition) is 8. The van der Waals surface area contributed by atoms with Crippen LogP contribution in [0.15, 0.2) is 122 Å². The third-order valence-corrected chi connectivity index (χ3v) is 17.6. The van der Waals surface area contributed by atoms with Gasteiger partial charge < -0.3 is 40.3 Å². The summed E-state index contributed by atoms with van der Waals surface area (Å²) in [5, 5.41) is 55.0. The molecule has 1 rings (SSSR count). The van der Waals surface area contributed by atoms with Crippen LogP contribution in [-0.2, 0) is 14.3 Å². The molecule has 0 spiro atoms. The van der Waals surface area contributed by atoms with Crippen molar-refractivity contribution in [2.75, 3.05) is 13.2 Å². The zero-order valence-electron chi connectivity index (χ0n) is 58.8. The number of carbonyl (C=O) groups excluding carboxylic acids is 1. The number of aliphatic hydroxyl groups excluding tert-OH is 5. The van der Waals surface area contributed by atoms with Crippen LogP contribution in [-0.4, -0.2) is 87.5 Å². The molecule has 1 fully saturated rings. The third-order valence-electron chi connectivity index (χ3n) is 17.6. The molecular formula is C82H143NO8. The molecule has 9 heteroatoms. The summed E-state index contributed by atoms with van der Waals surface area (Å²) < 4.78 is 11.4. The summed E-state index contributed by atoms with van der Waals surface area (Å²) >= 11 is 0. The highest BCUT2D eigenvalue weighted by Gasteiger charge is 2.44. The minimum atomic E-state index is -1.57. The summed E-state index contributed by atoms with van der Waals surface area (Å²) in [5.74, 6) is -0.159. The van der Waals surface area contributed by atoms with E-state index in [0.29, 0.717) is 12.8 Å². The SMILES string of the molecule is CC/C=C\C/C=C\C/C=C\C/C=C\C/C=C\C/C=C\C/C=C\C/C=C\C/C=C\C/C=C\CCCCCCCCC(=O)NC(COC1OC(CO)C(O)C(O)C1O)C(O)CCCCCCCCCCCCCCCCCCCCCCCCCCCCCCCCC. The van der Waals surface area contributed by atoms with Crippen LogP contribution in [0.5, 0.6) is 0 Å². The highest BCUT2D eigenvalue weighted by Crippen LogP contribution is 2.24. The Hall–Kier alpha value is -3.41. The number of ether oxygens (including phenoxy) is 2. The summed E-state index contributed by atoms with van der Waals surface area (Å²) in [6.07, 6.45) is 97.1. The molecule has 524 valence electrons. The second kappa shape index (κ2) is 69.4. The Bertz CT molecular complexity index is 1860. The fourth-order valence-corrected chi connectivity index (χ4v) is 11.7. The average Bonchev–Trinajstić information content (AvgIpc) is 1.70. The van der Waals surface area contributed by atoms with Crippen LogP contribution in [0.2, 0.25) is 0 Å². The number of allylic oxidation sites excluding steroid dienone is 20. The fraction of sp³-hybridized carbons (Fsp3) is 0.744. The summed E-state index contributed by atoms with van der Waals surface area (Å²) in [6.45, 7) is 3.75. The molecule has 0 saturated carbocycles. The molecule has 1 saturated heterocycles. The van der Waals surface area contributed by atoms with Crippen LogP contribution in [0.25, 0.3) is 0 Å². The van der Waals surface area contributed by atoms with Gasteiger partial charge in [-0.15, -0.1) is 0 Å². The summed E-state index contributed by atoms with van der Waals surface area (Å²) in [7, 11) is 0. The molecule has 0 aromatic rings. The summed E-state index contributed by atoms with van der Waals surface area (Å²) in [4.78, 5) is 13.2. The van der Waals surface area contributed by atoms with Crippen molar-refractivity contribution >= 4 is 5.91 Å². The first-order chi connectivity index (χ1) is 44.8. The van der Waals surface area contributed by atoms with Crippen LogP contribution in [0.3, 0.4) is 0 Å². The molecule has 1 heterocycles. The Morgan fingerprint density at radius 1 is 0.385 bits per heavy atom. The number of unbranched alkanes of at least 4 members (excludes halogenated alkanes) is 36. The lowest BCUT2D eigenvalue weighted by molar-refractivity contribution is -0.302. The maximum absolute atomic E-state index is 13.2. The number of nitrogens with one attached hydrogen (secondary N) is 1. The van der Waals surface area contributed by atoms with Gasteiger partial charge in [0.15, 0.2) is 6.29 Å². The van der Waals surface area contributed by atoms with Gasteiger partial charge in [0.25, 0.3) is 0 Å². The van der Waals surface area contributed by atoms with E-state index in [1.54, 1.807) is 0 Å². The van der Waals surface area contributed by atoms with Gasteiger partial charge in [-0.1, -0.05) is 360 Å². The highest BCUT2D eigenvalue weighted by molar-refractivity contribution is 5.76. The number of hydrogen-bond donors (Lipinski definition) is 6. The molecule has 0 aliphatic carbocycles. The topological polar surface area (TPSA) is 149 Å². The Balaban J connectivity index is 2.13. The molecule has 0 radical (unpaired) electrons. The van der Waals surface area contributed by atoms with Crippen LogP contribution in [0, 0.1) is 0 Å². The number of carbonyl (C=O) groups is 1. The Morgan fingerprint density at radius 2 is 0.681 bits per heavy atom. The molecule has 7 atom stereocenters. The van der Waals surface area contributed by atoms with Gasteiger partial charge in [0, 0.05) is 6.42 Å². The number of aliphatic hydroxyl groups is 5. The zero-order valence-corrected chi connectivity index (χ0v) is 58.8. The molecule has 1 aliphatic rings. The van der Waals surface area contributed by atoms with Crippen molar-refractivity contribution in [3.05, 3.63) is 122 Å². The monoisotopic (exact) mass is 1270 g/mol. The van der Waals surface area contributed by atoms with E-state index < -0.39 is 49.5 Å². The maximum Gasteiger partial charge on any atom is 0.220 e. The standard InChI is InChI=1S/C82H143NO8/c1-3-5-7-9-11-13-15-17-19-21-23-25-27-29-31-33-35-36-37-38-39-40-42-44-46-48-50-52-54-56-58-60-62-64-66-68-70-72-78(86)83-75(74-90-82-81(89)80(88)79(87)77(73-84)91-82)76(85)71-69-67-65-63-61-59-57-55-53-51-49-47-45-43-41-34-32-30-28-26-24-22-20-18-16-14-12-10-8-6-4-2/h5,7,11,13,17,19,23,25,29,31,35-36,38-39,42,44,48,50,54,56,75-77,79-82,84-85,87-89H,3-4,6,8-10,12,14-16,18,20-22,24,26-28,30,32-34,37,40-41,43,45-47,49,51-53,55,57-74H2,1-2H3,(H,83,86)/b7-5-,13-11-,19-17-,25-23-,31-29-,36-35-,39-38-,44-42-,50-48-,56-54-. The van der Waals surface area contributed by atoms with Crippen molar-refractivity contribution in [2.45, 2.75) is 378 Å². The predicted molar refractivity (Wildman–Crippen MR) is 391 cm³/mol. The van der Waals surface area contributed by atoms with E-state index in [0.717, 1.165) is 128 Å². The second-order valence-corrected chi connectivity index (χ2v) is 26.1. The van der Waals surface area contributed by atoms with E-state index in [1.807, 2.05) is 0 Å². The van der Waals surface area contributed by atoms with Gasteiger partial charge in [0.2, 0.25) is 5.91 Å². The maximum atomic E-state index is 13.2. The van der Waals surface area contributed by atoms with E-state index in [1.165, 1.54) is 180 Å². The van der Waals surface area contributed by atoms with E-state index >= 15 is 0 Å². The van der Waals surface area contributed by atoms with Crippen molar-refractivity contribution in [2.24, 2.45) is 0 Å². The first-order valence-corrected chi connectivity index (χ1v) is 38.2. The first-order valence-electron chi connectivity index (χ1n) is 38.2. The van der Waals surface area contributed by atoms with E-state index in [9.17, 15) is 30.3 Å². The number of rotatable bonds is 66. The molecule has 1 amide bonds. The van der Waals surface area contributed by atoms with Crippen LogP contribution in [0.1, 0.15) is 335 Å². The molecule has 0 bridgehead atoms. The lowest BCUT2D eigenvalue weighted by atomic mass is 9.99. The van der Waals surface area contributed by atoms with E-state index in [-0.39, 0.29) is 12.5 Å². The minimum Gasteiger partial charge on any atom is -0.394 e. The van der Waals surface area contributed by atoms with Crippen molar-refractivity contribution in [1.82, 2.24) is 5.32 Å². The molecule has 7 unspecified atom stereocenters. The fourth-order valence-electron chi connectivity index (χ4n) is 11.7. The smallest absolute Gasteiger partial charge is 0.220 e. The van der Waals surface area contributed by atoms with Crippen LogP contribution >= 0.6 is 0 Å². The average molecular weight is 1270 g/mol. The minimum absolute atomic E-state index is 0.150. The molecule has 0 aromatic carbocycles. The van der Waals surface area contributed by atoms with Crippen LogP contribution < -0.4 is 5.32 Å². The van der Waals surface area contributed by atoms with Gasteiger partial charge in [-0.2, -0.15) is 0 Å². The molecule has 9 nitrogen and oxygen atoms in total. The predicted octanol–water partition coefficient (Wildman–Crippen LogP) is 21.8. The lowest BCUT2D eigenvalue weighted by Crippen LogP contribution is -2.60. The van der Waals surface area contributed by atoms with Gasteiger partial charge in [0.1, 0.15) is 24.4 Å². The van der Waals surface area contributed by atoms with Gasteiger partial charge in [-0.3, -0.25) is 4.79 Å². The molecule has 6 N–H and O–H groups in total. The van der Waals surface area contributed by atoms with Crippen molar-refractivity contribution in [3.63, 3.8) is 0 Å². The second-order valence-electron chi connectivity index (χ2n) is 26.1. The van der Waals surface area contributed by atoms with E-state index in [4.69, 9.17) is 9.47 Å². The Morgan fingerprint density at radius 3 is 1.01 bits per heavy atom. The first kappa shape index (κ1) is 85.6. The summed E-state index contributed by atoms with van der Waals surface area (Å²) in [6, 6.07) is -0.738. The van der Waals surface area contributed by atoms with Gasteiger partial charge in [-0.05, 0) is 89.9 Å². The molecular weight excluding hydrogens is 1130 g/mol. The van der Waals surface area contributed by atoms with Crippen LogP contribution in [0.4, 0.5) is 0 Å². The lowest BCUT2D eigenvalue weighted by Gasteiger charge is -2.40. The van der Waals surface area contributed by atoms with Crippen molar-refractivity contribution in [3.8, 4) is 0 Å². The number of amides is 1. The third kappa shape index (κ3) is 57.7. The highest BCUT2D eigenvalue weighted by atomic mass is 16.7. The molecule has 91 heavy (non-hydrogen) atoms. The zero-order chi connectivity index (χ0) is 65.7. The Kier molecular flexibility index (Phi) is 65.3. The summed E-state index contributed by atoms with van der Waals surface area (Å²) in [5.41, 5.74) is 0. The van der Waals surface area contributed by atoms with E-state index in [2.05, 4.69) is 141 Å². The molecule has 1 aliphatic heterocycles. The quantitative estimate of drug-likeness (QED) is 0.0261.